The number of nitrogens with two attached hydrogens (primary N) is 1. The largest absolute Gasteiger partial charge is 0.358 e. The fraction of sp³-hybridized carbons (Fsp3) is 0.333. The number of piperazine rings is 1. The number of urea groups is 1. The minimum absolute atomic E-state index is 0.0747. The number of para-hydroxylation sites is 1. The first-order valence-electron chi connectivity index (χ1n) is 7.02. The van der Waals surface area contributed by atoms with Gasteiger partial charge in [-0.05, 0) is 17.5 Å². The van der Waals surface area contributed by atoms with Gasteiger partial charge in [0.05, 0.1) is 6.42 Å². The molecule has 3 N–H and O–H groups in total. The van der Waals surface area contributed by atoms with Gasteiger partial charge in [0.1, 0.15) is 0 Å². The Morgan fingerprint density at radius 2 is 1.76 bits per heavy atom. The van der Waals surface area contributed by atoms with E-state index in [0.29, 0.717) is 32.6 Å². The average Bonchev–Trinajstić information content (AvgIpc) is 2.89. The highest BCUT2D eigenvalue weighted by molar-refractivity contribution is 5.84. The van der Waals surface area contributed by atoms with Crippen LogP contribution in [0.25, 0.3) is 10.9 Å². The summed E-state index contributed by atoms with van der Waals surface area (Å²) in [4.78, 5) is 30.0. The van der Waals surface area contributed by atoms with Crippen molar-refractivity contribution in [2.24, 2.45) is 5.73 Å². The number of H-pyrrole nitrogens is 1. The van der Waals surface area contributed by atoms with Crippen molar-refractivity contribution in [3.05, 3.63) is 36.0 Å². The molecule has 3 rings (SSSR count). The van der Waals surface area contributed by atoms with E-state index in [4.69, 9.17) is 5.73 Å². The fourth-order valence-electron chi connectivity index (χ4n) is 2.68. The normalized spacial score (nSPS) is 15.4. The third-order valence-corrected chi connectivity index (χ3v) is 3.87. The van der Waals surface area contributed by atoms with Crippen LogP contribution in [0.3, 0.4) is 0 Å². The summed E-state index contributed by atoms with van der Waals surface area (Å²) in [7, 11) is 0. The molecule has 0 atom stereocenters. The Bertz CT molecular complexity index is 638. The van der Waals surface area contributed by atoms with Crippen LogP contribution in [0.4, 0.5) is 4.79 Å². The number of nitrogens with zero attached hydrogens (tertiary/aromatic N) is 2. The SMILES string of the molecule is NC(=O)N1CCN(C(=O)Cc2cc3ccccc3[nH]2)CC1. The van der Waals surface area contributed by atoms with Gasteiger partial charge in [0, 0.05) is 37.4 Å². The summed E-state index contributed by atoms with van der Waals surface area (Å²) in [5.41, 5.74) is 7.19. The Kier molecular flexibility index (Phi) is 3.51. The van der Waals surface area contributed by atoms with E-state index in [1.54, 1.807) is 9.80 Å². The molecule has 1 aromatic heterocycles. The van der Waals surface area contributed by atoms with Gasteiger partial charge in [-0.25, -0.2) is 4.79 Å². The van der Waals surface area contributed by atoms with Gasteiger partial charge in [0.2, 0.25) is 5.91 Å². The minimum atomic E-state index is -0.419. The first kappa shape index (κ1) is 13.5. The van der Waals surface area contributed by atoms with Crippen molar-refractivity contribution in [3.63, 3.8) is 0 Å². The Hall–Kier alpha value is -2.50. The summed E-state index contributed by atoms with van der Waals surface area (Å²) in [6, 6.07) is 9.55. The molecule has 2 aromatic rings. The molecule has 0 bridgehead atoms. The van der Waals surface area contributed by atoms with E-state index < -0.39 is 6.03 Å². The second-order valence-electron chi connectivity index (χ2n) is 5.26. The number of benzene rings is 1. The molecule has 2 heterocycles. The smallest absolute Gasteiger partial charge is 0.314 e. The van der Waals surface area contributed by atoms with Crippen LogP contribution in [0.5, 0.6) is 0 Å². The molecule has 1 aromatic carbocycles. The molecule has 0 saturated carbocycles. The molecule has 6 heteroatoms. The lowest BCUT2D eigenvalue weighted by molar-refractivity contribution is -0.131. The van der Waals surface area contributed by atoms with Crippen LogP contribution in [0.1, 0.15) is 5.69 Å². The average molecular weight is 286 g/mol. The van der Waals surface area contributed by atoms with E-state index in [-0.39, 0.29) is 5.91 Å². The van der Waals surface area contributed by atoms with Crippen molar-refractivity contribution in [1.82, 2.24) is 14.8 Å². The molecule has 1 fully saturated rings. The first-order valence-corrected chi connectivity index (χ1v) is 7.02. The summed E-state index contributed by atoms with van der Waals surface area (Å²) < 4.78 is 0. The molecular weight excluding hydrogens is 268 g/mol. The summed E-state index contributed by atoms with van der Waals surface area (Å²) in [5, 5.41) is 1.11. The van der Waals surface area contributed by atoms with Crippen LogP contribution in [-0.4, -0.2) is 52.9 Å². The zero-order valence-electron chi connectivity index (χ0n) is 11.7. The van der Waals surface area contributed by atoms with Crippen molar-refractivity contribution in [3.8, 4) is 0 Å². The lowest BCUT2D eigenvalue weighted by Crippen LogP contribution is -2.52. The van der Waals surface area contributed by atoms with Crippen molar-refractivity contribution in [2.45, 2.75) is 6.42 Å². The maximum Gasteiger partial charge on any atom is 0.314 e. The van der Waals surface area contributed by atoms with E-state index >= 15 is 0 Å². The van der Waals surface area contributed by atoms with Gasteiger partial charge in [0.25, 0.3) is 0 Å². The number of hydrogen-bond donors (Lipinski definition) is 2. The van der Waals surface area contributed by atoms with Crippen LogP contribution in [0, 0.1) is 0 Å². The molecule has 1 saturated heterocycles. The maximum atomic E-state index is 12.3. The van der Waals surface area contributed by atoms with Gasteiger partial charge in [-0.15, -0.1) is 0 Å². The molecule has 1 aliphatic heterocycles. The second kappa shape index (κ2) is 5.47. The predicted molar refractivity (Wildman–Crippen MR) is 79.7 cm³/mol. The zero-order chi connectivity index (χ0) is 14.8. The van der Waals surface area contributed by atoms with E-state index in [0.717, 1.165) is 16.6 Å². The van der Waals surface area contributed by atoms with E-state index in [1.807, 2.05) is 30.3 Å². The molecule has 0 radical (unpaired) electrons. The fourth-order valence-corrected chi connectivity index (χ4v) is 2.68. The standard InChI is InChI=1S/C15H18N4O2/c16-15(21)19-7-5-18(6-8-19)14(20)10-12-9-11-3-1-2-4-13(11)17-12/h1-4,9,17H,5-8,10H2,(H2,16,21). The topological polar surface area (TPSA) is 82.4 Å². The number of aromatic nitrogens is 1. The Morgan fingerprint density at radius 1 is 1.10 bits per heavy atom. The number of aromatic amines is 1. The summed E-state index contributed by atoms with van der Waals surface area (Å²) in [6.07, 6.45) is 0.352. The second-order valence-corrected chi connectivity index (χ2v) is 5.26. The Labute approximate surface area is 122 Å². The van der Waals surface area contributed by atoms with Crippen LogP contribution < -0.4 is 5.73 Å². The highest BCUT2D eigenvalue weighted by Crippen LogP contribution is 2.15. The monoisotopic (exact) mass is 286 g/mol. The summed E-state index contributed by atoms with van der Waals surface area (Å²) >= 11 is 0. The highest BCUT2D eigenvalue weighted by Gasteiger charge is 2.23. The lowest BCUT2D eigenvalue weighted by atomic mass is 10.2. The van der Waals surface area contributed by atoms with Gasteiger partial charge in [-0.3, -0.25) is 4.79 Å². The molecule has 1 aliphatic rings. The number of amides is 3. The van der Waals surface area contributed by atoms with Gasteiger partial charge in [0.15, 0.2) is 0 Å². The number of primary amides is 1. The molecule has 0 unspecified atom stereocenters. The Morgan fingerprint density at radius 3 is 2.43 bits per heavy atom. The first-order chi connectivity index (χ1) is 10.1. The molecule has 21 heavy (non-hydrogen) atoms. The summed E-state index contributed by atoms with van der Waals surface area (Å²) in [6.45, 7) is 2.10. The molecule has 0 spiro atoms. The van der Waals surface area contributed by atoms with Crippen LogP contribution in [0.2, 0.25) is 0 Å². The number of rotatable bonds is 2. The third kappa shape index (κ3) is 2.84. The zero-order valence-corrected chi connectivity index (χ0v) is 11.7. The number of nitrogens with one attached hydrogen (secondary N) is 1. The van der Waals surface area contributed by atoms with Gasteiger partial charge in [-0.1, -0.05) is 18.2 Å². The van der Waals surface area contributed by atoms with Crippen LogP contribution in [0.15, 0.2) is 30.3 Å². The molecular formula is C15H18N4O2. The number of fused-ring (bicyclic) bond motifs is 1. The quantitative estimate of drug-likeness (QED) is 0.861. The van der Waals surface area contributed by atoms with Gasteiger partial charge >= 0.3 is 6.03 Å². The maximum absolute atomic E-state index is 12.3. The van der Waals surface area contributed by atoms with Crippen LogP contribution >= 0.6 is 0 Å². The molecule has 110 valence electrons. The highest BCUT2D eigenvalue weighted by atomic mass is 16.2. The van der Waals surface area contributed by atoms with Gasteiger partial charge in [-0.2, -0.15) is 0 Å². The van der Waals surface area contributed by atoms with Crippen molar-refractivity contribution in [1.29, 1.82) is 0 Å². The summed E-state index contributed by atoms with van der Waals surface area (Å²) in [5.74, 6) is 0.0747. The number of carbonyl (C=O) groups is 2. The van der Waals surface area contributed by atoms with Crippen molar-refractivity contribution in [2.75, 3.05) is 26.2 Å². The van der Waals surface area contributed by atoms with Crippen molar-refractivity contribution >= 4 is 22.8 Å². The lowest BCUT2D eigenvalue weighted by Gasteiger charge is -2.33. The van der Waals surface area contributed by atoms with Gasteiger partial charge < -0.3 is 20.5 Å². The Balaban J connectivity index is 1.63. The van der Waals surface area contributed by atoms with Crippen molar-refractivity contribution < 1.29 is 9.59 Å². The third-order valence-electron chi connectivity index (χ3n) is 3.87. The number of carbonyl (C=O) groups excluding carboxylic acids is 2. The molecule has 0 aliphatic carbocycles. The van der Waals surface area contributed by atoms with E-state index in [1.165, 1.54) is 0 Å². The van der Waals surface area contributed by atoms with E-state index in [2.05, 4.69) is 4.98 Å². The molecule has 6 nitrogen and oxygen atoms in total. The molecule has 3 amide bonds. The van der Waals surface area contributed by atoms with Crippen LogP contribution in [-0.2, 0) is 11.2 Å². The predicted octanol–water partition coefficient (Wildman–Crippen LogP) is 0.933. The number of hydrogen-bond acceptors (Lipinski definition) is 2. The van der Waals surface area contributed by atoms with E-state index in [9.17, 15) is 9.59 Å². The minimum Gasteiger partial charge on any atom is -0.358 e.